The van der Waals surface area contributed by atoms with E-state index in [2.05, 4.69) is 8.75 Å². The van der Waals surface area contributed by atoms with Crippen molar-refractivity contribution in [3.63, 3.8) is 0 Å². The van der Waals surface area contributed by atoms with Gasteiger partial charge in [0.2, 0.25) is 0 Å². The Morgan fingerprint density at radius 2 is 1.66 bits per heavy atom. The number of methoxy groups -OCH3 is 1. The van der Waals surface area contributed by atoms with Gasteiger partial charge >= 0.3 is 5.97 Å². The average Bonchev–Trinajstić information content (AvgIpc) is 3.26. The second kappa shape index (κ2) is 9.11. The molecule has 0 aliphatic rings. The average molecular weight is 445 g/mol. The van der Waals surface area contributed by atoms with E-state index < -0.39 is 5.97 Å². The summed E-state index contributed by atoms with van der Waals surface area (Å²) in [6.07, 6.45) is 0.138. The number of benzene rings is 3. The van der Waals surface area contributed by atoms with Crippen molar-refractivity contribution in [3.8, 4) is 5.75 Å². The van der Waals surface area contributed by atoms with Gasteiger partial charge in [0, 0.05) is 17.6 Å². The Labute approximate surface area is 189 Å². The first-order chi connectivity index (χ1) is 15.5. The molecule has 0 fully saturated rings. The molecule has 0 amide bonds. The SMILES string of the molecule is COc1cccc(CC(C(=O)c2ccc(C)cc2)=C(C(=O)O)c2ccc3nsnc3c2)c1. The molecule has 160 valence electrons. The molecule has 1 N–H and O–H groups in total. The maximum atomic E-state index is 13.6. The van der Waals surface area contributed by atoms with E-state index in [1.54, 1.807) is 49.6 Å². The first-order valence-electron chi connectivity index (χ1n) is 9.89. The van der Waals surface area contributed by atoms with Crippen molar-refractivity contribution in [1.29, 1.82) is 0 Å². The number of allylic oxidation sites excluding steroid dienone is 1. The van der Waals surface area contributed by atoms with Crippen LogP contribution in [0.2, 0.25) is 0 Å². The summed E-state index contributed by atoms with van der Waals surface area (Å²) in [7, 11) is 1.56. The second-order valence-corrected chi connectivity index (χ2v) is 7.88. The molecule has 0 spiro atoms. The van der Waals surface area contributed by atoms with E-state index in [9.17, 15) is 14.7 Å². The molecule has 0 aliphatic heterocycles. The number of ether oxygens (including phenoxy) is 1. The molecule has 4 rings (SSSR count). The van der Waals surface area contributed by atoms with Crippen molar-refractivity contribution >= 4 is 40.1 Å². The van der Waals surface area contributed by atoms with E-state index in [4.69, 9.17) is 4.74 Å². The fourth-order valence-corrected chi connectivity index (χ4v) is 4.03. The molecule has 0 bridgehead atoms. The van der Waals surface area contributed by atoms with E-state index in [1.807, 2.05) is 31.2 Å². The standard InChI is InChI=1S/C25H20N2O4S/c1-15-6-8-17(9-7-15)24(28)20(13-16-4-3-5-19(12-16)31-2)23(25(29)30)18-10-11-21-22(14-18)27-32-26-21/h3-12,14H,13H2,1-2H3,(H,29,30). The molecule has 0 radical (unpaired) electrons. The van der Waals surface area contributed by atoms with Crippen LogP contribution in [0.1, 0.15) is 27.0 Å². The number of rotatable bonds is 7. The molecule has 3 aromatic carbocycles. The van der Waals surface area contributed by atoms with Gasteiger partial charge in [0.05, 0.1) is 24.4 Å². The molecular weight excluding hydrogens is 424 g/mol. The summed E-state index contributed by atoms with van der Waals surface area (Å²) in [5.41, 5.74) is 4.05. The van der Waals surface area contributed by atoms with Crippen molar-refractivity contribution in [2.24, 2.45) is 0 Å². The number of hydrogen-bond acceptors (Lipinski definition) is 6. The Bertz CT molecular complexity index is 1340. The Hall–Kier alpha value is -3.84. The largest absolute Gasteiger partial charge is 0.497 e. The number of carboxylic acid groups (broad SMARTS) is 1. The zero-order valence-corrected chi connectivity index (χ0v) is 18.3. The van der Waals surface area contributed by atoms with Gasteiger partial charge in [0.15, 0.2) is 5.78 Å². The maximum Gasteiger partial charge on any atom is 0.336 e. The molecule has 0 saturated heterocycles. The van der Waals surface area contributed by atoms with Gasteiger partial charge in [0.1, 0.15) is 16.8 Å². The van der Waals surface area contributed by atoms with Crippen LogP contribution in [-0.2, 0) is 11.2 Å². The van der Waals surface area contributed by atoms with Crippen molar-refractivity contribution in [2.75, 3.05) is 7.11 Å². The second-order valence-electron chi connectivity index (χ2n) is 7.35. The minimum absolute atomic E-state index is 0.0479. The summed E-state index contributed by atoms with van der Waals surface area (Å²) in [5, 5.41) is 10.2. The summed E-state index contributed by atoms with van der Waals surface area (Å²) in [5.74, 6) is -0.871. The lowest BCUT2D eigenvalue weighted by atomic mass is 9.89. The third kappa shape index (κ3) is 4.43. The zero-order chi connectivity index (χ0) is 22.7. The Kier molecular flexibility index (Phi) is 6.09. The predicted molar refractivity (Wildman–Crippen MR) is 124 cm³/mol. The molecule has 0 aliphatic carbocycles. The van der Waals surface area contributed by atoms with Gasteiger partial charge in [-0.3, -0.25) is 4.79 Å². The van der Waals surface area contributed by atoms with Gasteiger partial charge in [-0.2, -0.15) is 8.75 Å². The van der Waals surface area contributed by atoms with Crippen LogP contribution < -0.4 is 4.74 Å². The third-order valence-electron chi connectivity index (χ3n) is 5.16. The number of ketones is 1. The number of fused-ring (bicyclic) bond motifs is 1. The summed E-state index contributed by atoms with van der Waals surface area (Å²) in [6, 6.07) is 19.4. The molecule has 1 heterocycles. The predicted octanol–water partition coefficient (Wildman–Crippen LogP) is 4.97. The molecule has 32 heavy (non-hydrogen) atoms. The highest BCUT2D eigenvalue weighted by Gasteiger charge is 2.24. The van der Waals surface area contributed by atoms with Crippen LogP contribution in [0.5, 0.6) is 5.75 Å². The number of aliphatic carboxylic acids is 1. The number of nitrogens with zero attached hydrogens (tertiary/aromatic N) is 2. The monoisotopic (exact) mass is 444 g/mol. The van der Waals surface area contributed by atoms with Crippen molar-refractivity contribution in [3.05, 3.63) is 94.6 Å². The molecular formula is C25H20N2O4S. The van der Waals surface area contributed by atoms with Gasteiger partial charge in [-0.1, -0.05) is 48.0 Å². The van der Waals surface area contributed by atoms with Crippen LogP contribution in [0, 0.1) is 6.92 Å². The Morgan fingerprint density at radius 1 is 0.938 bits per heavy atom. The fraction of sp³-hybridized carbons (Fsp3) is 0.120. The van der Waals surface area contributed by atoms with E-state index in [1.165, 1.54) is 0 Å². The van der Waals surface area contributed by atoms with Gasteiger partial charge in [-0.25, -0.2) is 4.79 Å². The van der Waals surface area contributed by atoms with Gasteiger partial charge in [-0.05, 0) is 42.3 Å². The number of carbonyl (C=O) groups is 2. The zero-order valence-electron chi connectivity index (χ0n) is 17.5. The van der Waals surface area contributed by atoms with Gasteiger partial charge in [0.25, 0.3) is 0 Å². The fourth-order valence-electron chi connectivity index (χ4n) is 3.51. The topological polar surface area (TPSA) is 89.4 Å². The lowest BCUT2D eigenvalue weighted by Crippen LogP contribution is -2.14. The number of carbonyl (C=O) groups excluding carboxylic acids is 1. The number of aromatic nitrogens is 2. The summed E-state index contributed by atoms with van der Waals surface area (Å²) < 4.78 is 13.7. The van der Waals surface area contributed by atoms with Crippen molar-refractivity contribution < 1.29 is 19.4 Å². The number of carboxylic acids is 1. The van der Waals surface area contributed by atoms with E-state index in [0.717, 1.165) is 22.9 Å². The van der Waals surface area contributed by atoms with Crippen LogP contribution >= 0.6 is 11.7 Å². The summed E-state index contributed by atoms with van der Waals surface area (Å²) in [4.78, 5) is 26.0. The molecule has 0 atom stereocenters. The van der Waals surface area contributed by atoms with E-state index in [0.29, 0.717) is 27.9 Å². The first-order valence-corrected chi connectivity index (χ1v) is 10.6. The number of hydrogen-bond donors (Lipinski definition) is 1. The molecule has 0 unspecified atom stereocenters. The number of Topliss-reactive ketones (excluding diaryl/α,β-unsaturated/α-hetero) is 1. The number of aryl methyl sites for hydroxylation is 1. The first kappa shape index (κ1) is 21.4. The maximum absolute atomic E-state index is 13.6. The van der Waals surface area contributed by atoms with Gasteiger partial charge in [-0.15, -0.1) is 0 Å². The van der Waals surface area contributed by atoms with Crippen molar-refractivity contribution in [1.82, 2.24) is 8.75 Å². The summed E-state index contributed by atoms with van der Waals surface area (Å²) >= 11 is 1.06. The van der Waals surface area contributed by atoms with E-state index in [-0.39, 0.29) is 23.4 Å². The van der Waals surface area contributed by atoms with Crippen LogP contribution in [0.25, 0.3) is 16.6 Å². The molecule has 6 nitrogen and oxygen atoms in total. The molecule has 1 aromatic heterocycles. The Morgan fingerprint density at radius 3 is 2.38 bits per heavy atom. The smallest absolute Gasteiger partial charge is 0.336 e. The van der Waals surface area contributed by atoms with Crippen LogP contribution in [0.3, 0.4) is 0 Å². The highest BCUT2D eigenvalue weighted by Crippen LogP contribution is 2.28. The van der Waals surface area contributed by atoms with Gasteiger partial charge < -0.3 is 9.84 Å². The quantitative estimate of drug-likeness (QED) is 0.320. The molecule has 7 heteroatoms. The molecule has 4 aromatic rings. The molecule has 0 saturated carbocycles. The van der Waals surface area contributed by atoms with Crippen LogP contribution in [0.15, 0.2) is 72.3 Å². The third-order valence-corrected chi connectivity index (χ3v) is 5.72. The van der Waals surface area contributed by atoms with Crippen molar-refractivity contribution in [2.45, 2.75) is 13.3 Å². The Balaban J connectivity index is 1.91. The highest BCUT2D eigenvalue weighted by atomic mass is 32.1. The van der Waals surface area contributed by atoms with Crippen LogP contribution in [-0.4, -0.2) is 32.7 Å². The lowest BCUT2D eigenvalue weighted by molar-refractivity contribution is -0.130. The minimum atomic E-state index is -1.18. The summed E-state index contributed by atoms with van der Waals surface area (Å²) in [6.45, 7) is 1.93. The lowest BCUT2D eigenvalue weighted by Gasteiger charge is -2.14. The van der Waals surface area contributed by atoms with E-state index >= 15 is 0 Å². The van der Waals surface area contributed by atoms with Crippen LogP contribution in [0.4, 0.5) is 0 Å². The highest BCUT2D eigenvalue weighted by molar-refractivity contribution is 7.00. The minimum Gasteiger partial charge on any atom is -0.497 e. The normalized spacial score (nSPS) is 11.8.